The van der Waals surface area contributed by atoms with Crippen LogP contribution < -0.4 is 37.0 Å². The van der Waals surface area contributed by atoms with Gasteiger partial charge in [-0.1, -0.05) is 30.3 Å². The van der Waals surface area contributed by atoms with Gasteiger partial charge >= 0.3 is 210 Å². The first-order chi connectivity index (χ1) is 25.0. The van der Waals surface area contributed by atoms with Crippen molar-refractivity contribution in [2.24, 2.45) is 15.7 Å². The molecule has 0 radical (unpaired) electrons. The van der Waals surface area contributed by atoms with Crippen LogP contribution in [0.2, 0.25) is 0 Å². The number of nitrogens with two attached hydrogens (primary N) is 1. The number of nitrogens with one attached hydrogen (secondary N) is 2. The first-order valence-electron chi connectivity index (χ1n) is 18.1. The second-order valence-corrected chi connectivity index (χ2v) is 19.7. The van der Waals surface area contributed by atoms with Crippen LogP contribution in [0.25, 0.3) is 0 Å². The summed E-state index contributed by atoms with van der Waals surface area (Å²) in [5.41, 5.74) is 8.34. The van der Waals surface area contributed by atoms with Crippen molar-refractivity contribution >= 4 is 45.0 Å². The van der Waals surface area contributed by atoms with Gasteiger partial charge in [0.25, 0.3) is 0 Å². The third kappa shape index (κ3) is 9.00. The van der Waals surface area contributed by atoms with Gasteiger partial charge in [0, 0.05) is 6.54 Å². The molecule has 6 rings (SSSR count). The number of halogens is 1. The van der Waals surface area contributed by atoms with E-state index < -0.39 is 5.96 Å². The van der Waals surface area contributed by atoms with Crippen LogP contribution in [0.4, 0.5) is 0 Å². The van der Waals surface area contributed by atoms with Crippen LogP contribution >= 0.6 is 17.2 Å². The molecule has 0 aromatic heterocycles. The van der Waals surface area contributed by atoms with Gasteiger partial charge in [-0.25, -0.2) is 4.99 Å². The zero-order valence-electron chi connectivity index (χ0n) is 29.2. The molecule has 0 saturated heterocycles. The summed E-state index contributed by atoms with van der Waals surface area (Å²) in [6, 6.07) is 50.7. The van der Waals surface area contributed by atoms with Gasteiger partial charge in [-0.05, 0) is 17.5 Å². The van der Waals surface area contributed by atoms with Crippen LogP contribution in [0.3, 0.4) is 0 Å². The Morgan fingerprint density at radius 2 is 1.16 bits per heavy atom. The second kappa shape index (κ2) is 17.5. The number of nitrogens with zero attached hydrogens (tertiary/aromatic N) is 2. The van der Waals surface area contributed by atoms with Crippen molar-refractivity contribution in [2.45, 2.75) is 51.1 Å². The first-order valence-corrected chi connectivity index (χ1v) is 21.4. The van der Waals surface area contributed by atoms with Crippen molar-refractivity contribution in [2.75, 3.05) is 19.3 Å². The molecule has 264 valence electrons. The van der Waals surface area contributed by atoms with Gasteiger partial charge in [0.05, 0.1) is 0 Å². The second-order valence-electron chi connectivity index (χ2n) is 13.1. The average molecular weight is 718 g/mol. The molecule has 5 aromatic carbocycles. The molecule has 0 spiro atoms. The Hall–Kier alpha value is -4.64. The summed E-state index contributed by atoms with van der Waals surface area (Å²) in [6.45, 7) is 1.35. The van der Waals surface area contributed by atoms with Crippen molar-refractivity contribution < 1.29 is 4.74 Å². The SMILES string of the molecule is NC1=NC(c2ccc(OCCCCCCCCP(Cl)(c3ccccc3)(c3ccccc3)c3ccccc3)cc2)NC(=NCCc2ccccc2)N1. The summed E-state index contributed by atoms with van der Waals surface area (Å²) in [7, 11) is 0. The number of aliphatic imine (C=N–C) groups is 2. The first kappa shape index (κ1) is 36.2. The molecule has 6 nitrogen and oxygen atoms in total. The molecule has 0 bridgehead atoms. The van der Waals surface area contributed by atoms with E-state index in [9.17, 15) is 0 Å². The van der Waals surface area contributed by atoms with E-state index in [1.807, 2.05) is 42.5 Å². The molecule has 5 aromatic rings. The van der Waals surface area contributed by atoms with E-state index >= 15 is 0 Å². The van der Waals surface area contributed by atoms with Crippen LogP contribution in [0.5, 0.6) is 5.75 Å². The van der Waals surface area contributed by atoms with Gasteiger partial charge in [0.1, 0.15) is 0 Å². The Labute approximate surface area is 308 Å². The van der Waals surface area contributed by atoms with Crippen LogP contribution in [0, 0.1) is 0 Å². The number of unbranched alkanes of at least 4 members (excludes halogenated alkanes) is 5. The number of rotatable bonds is 17. The molecule has 8 heteroatoms. The quantitative estimate of drug-likeness (QED) is 0.0669. The van der Waals surface area contributed by atoms with Crippen molar-refractivity contribution in [1.29, 1.82) is 0 Å². The maximum absolute atomic E-state index is 8.21. The summed E-state index contributed by atoms with van der Waals surface area (Å²) in [5, 5.41) is 10.1. The summed E-state index contributed by atoms with van der Waals surface area (Å²) in [6.07, 6.45) is 8.24. The Balaban J connectivity index is 0.950. The molecule has 4 N–H and O–H groups in total. The van der Waals surface area contributed by atoms with Crippen molar-refractivity contribution in [1.82, 2.24) is 10.6 Å². The maximum atomic E-state index is 8.21. The molecular formula is C43H49ClN5OP. The fraction of sp³-hybridized carbons (Fsp3) is 0.256. The smallest absolute Gasteiger partial charge is 0.330 e. The van der Waals surface area contributed by atoms with Gasteiger partial charge in [-0.3, -0.25) is 10.3 Å². The van der Waals surface area contributed by atoms with Crippen LogP contribution in [0.1, 0.15) is 55.8 Å². The number of hydrogen-bond acceptors (Lipinski definition) is 4. The van der Waals surface area contributed by atoms with E-state index in [2.05, 4.69) is 124 Å². The molecule has 0 saturated carbocycles. The third-order valence-electron chi connectivity index (χ3n) is 9.62. The minimum Gasteiger partial charge on any atom is -0.330 e. The van der Waals surface area contributed by atoms with Crippen molar-refractivity contribution in [3.63, 3.8) is 0 Å². The fourth-order valence-corrected chi connectivity index (χ4v) is 13.1. The molecule has 1 aliphatic rings. The molecule has 1 atom stereocenters. The molecular weight excluding hydrogens is 669 g/mol. The number of guanidine groups is 2. The molecule has 1 unspecified atom stereocenters. The predicted octanol–water partition coefficient (Wildman–Crippen LogP) is 8.19. The minimum atomic E-state index is -3.17. The van der Waals surface area contributed by atoms with Gasteiger partial charge in [0.15, 0.2) is 18.1 Å². The summed E-state index contributed by atoms with van der Waals surface area (Å²) < 4.78 is 6.09. The van der Waals surface area contributed by atoms with Gasteiger partial charge < -0.3 is 11.1 Å². The summed E-state index contributed by atoms with van der Waals surface area (Å²) in [4.78, 5) is 9.18. The zero-order chi connectivity index (χ0) is 35.2. The molecule has 0 aliphatic carbocycles. The Bertz CT molecular complexity index is 1760. The normalized spacial score (nSPS) is 15.9. The number of ether oxygens (including phenoxy) is 1. The van der Waals surface area contributed by atoms with Crippen molar-refractivity contribution in [3.8, 4) is 5.75 Å². The standard InChI is InChI=1S/C43H49ClN5OP/c44-51(38-21-11-6-12-22-38,39-23-13-7-14-24-39,40-25-15-8-16-26-40)34-18-4-2-1-3-17-33-50-37-29-27-36(28-30-37)41-47-42(45)49-43(48-41)46-32-31-35-19-9-5-10-20-35/h5-16,19-30,41H,1-4,17-18,31-34H2,(H4,45,46,47,48,49). The van der Waals surface area contributed by atoms with E-state index in [-0.39, 0.29) is 6.17 Å². The zero-order valence-corrected chi connectivity index (χ0v) is 30.9. The fourth-order valence-electron chi connectivity index (χ4n) is 6.88. The predicted molar refractivity (Wildman–Crippen MR) is 219 cm³/mol. The van der Waals surface area contributed by atoms with E-state index in [1.54, 1.807) is 0 Å². The van der Waals surface area contributed by atoms with E-state index in [0.29, 0.717) is 25.1 Å². The molecule has 1 heterocycles. The monoisotopic (exact) mass is 717 g/mol. The Morgan fingerprint density at radius 3 is 1.73 bits per heavy atom. The van der Waals surface area contributed by atoms with E-state index in [4.69, 9.17) is 21.7 Å². The Kier molecular flexibility index (Phi) is 12.4. The molecule has 51 heavy (non-hydrogen) atoms. The van der Waals surface area contributed by atoms with Crippen molar-refractivity contribution in [3.05, 3.63) is 157 Å². The van der Waals surface area contributed by atoms with Crippen LogP contribution in [-0.4, -0.2) is 31.2 Å². The van der Waals surface area contributed by atoms with Gasteiger partial charge in [0.2, 0.25) is 0 Å². The van der Waals surface area contributed by atoms with Gasteiger partial charge in [-0.2, -0.15) is 0 Å². The molecule has 0 amide bonds. The Morgan fingerprint density at radius 1 is 0.647 bits per heavy atom. The summed E-state index contributed by atoms with van der Waals surface area (Å²) >= 11 is 8.21. The summed E-state index contributed by atoms with van der Waals surface area (Å²) in [5.74, 6) is -1.33. The molecule has 0 fully saturated rings. The van der Waals surface area contributed by atoms with E-state index in [1.165, 1.54) is 34.3 Å². The van der Waals surface area contributed by atoms with Gasteiger partial charge in [-0.15, -0.1) is 0 Å². The topological polar surface area (TPSA) is 84.0 Å². The van der Waals surface area contributed by atoms with Crippen LogP contribution in [0.15, 0.2) is 156 Å². The minimum absolute atomic E-state index is 0.301. The number of benzene rings is 5. The third-order valence-corrected chi connectivity index (χ3v) is 17.2. The average Bonchev–Trinajstić information content (AvgIpc) is 3.19. The molecule has 1 aliphatic heterocycles. The van der Waals surface area contributed by atoms with E-state index in [0.717, 1.165) is 49.6 Å². The number of hydrogen-bond donors (Lipinski definition) is 3. The van der Waals surface area contributed by atoms with Crippen LogP contribution in [-0.2, 0) is 6.42 Å².